The van der Waals surface area contributed by atoms with Crippen LogP contribution >= 0.6 is 10.7 Å². The molecule has 1 aromatic rings. The second kappa shape index (κ2) is 3.77. The molecule has 1 aliphatic heterocycles. The summed E-state index contributed by atoms with van der Waals surface area (Å²) in [5.74, 6) is 0. The molecular formula is C10H12ClNO2S. The molecular weight excluding hydrogens is 234 g/mol. The Kier molecular flexibility index (Phi) is 2.75. The Morgan fingerprint density at radius 2 is 2.20 bits per heavy atom. The van der Waals surface area contributed by atoms with Crippen LogP contribution in [0, 0.1) is 0 Å². The minimum Gasteiger partial charge on any atom is -0.310 e. The van der Waals surface area contributed by atoms with E-state index in [1.54, 1.807) is 12.1 Å². The molecule has 0 spiro atoms. The first-order chi connectivity index (χ1) is 7.00. The highest BCUT2D eigenvalue weighted by molar-refractivity contribution is 8.13. The third kappa shape index (κ3) is 2.02. The summed E-state index contributed by atoms with van der Waals surface area (Å²) >= 11 is 0. The summed E-state index contributed by atoms with van der Waals surface area (Å²) < 4.78 is 22.7. The lowest BCUT2D eigenvalue weighted by Gasteiger charge is -2.25. The third-order valence-corrected chi connectivity index (χ3v) is 4.13. The van der Waals surface area contributed by atoms with E-state index in [2.05, 4.69) is 5.32 Å². The van der Waals surface area contributed by atoms with Gasteiger partial charge in [-0.3, -0.25) is 0 Å². The predicted octanol–water partition coefficient (Wildman–Crippen LogP) is 1.82. The van der Waals surface area contributed by atoms with Crippen molar-refractivity contribution in [3.63, 3.8) is 0 Å². The topological polar surface area (TPSA) is 46.2 Å². The molecule has 0 saturated carbocycles. The summed E-state index contributed by atoms with van der Waals surface area (Å²) in [6.45, 7) is 2.81. The van der Waals surface area contributed by atoms with Crippen molar-refractivity contribution in [2.75, 3.05) is 6.54 Å². The zero-order valence-electron chi connectivity index (χ0n) is 8.33. The molecule has 1 aliphatic rings. The van der Waals surface area contributed by atoms with Crippen molar-refractivity contribution in [3.8, 4) is 0 Å². The molecule has 0 amide bonds. The highest BCUT2D eigenvalue weighted by Gasteiger charge is 2.23. The van der Waals surface area contributed by atoms with Gasteiger partial charge in [0.2, 0.25) is 0 Å². The number of hydrogen-bond acceptors (Lipinski definition) is 3. The van der Waals surface area contributed by atoms with Crippen LogP contribution < -0.4 is 5.32 Å². The average Bonchev–Trinajstić information content (AvgIpc) is 2.16. The predicted molar refractivity (Wildman–Crippen MR) is 59.6 cm³/mol. The molecule has 5 heteroatoms. The van der Waals surface area contributed by atoms with Crippen molar-refractivity contribution in [3.05, 3.63) is 29.3 Å². The summed E-state index contributed by atoms with van der Waals surface area (Å²) in [7, 11) is 1.77. The van der Waals surface area contributed by atoms with Gasteiger partial charge in [-0.2, -0.15) is 0 Å². The summed E-state index contributed by atoms with van der Waals surface area (Å²) in [5, 5.41) is 3.28. The number of fused-ring (bicyclic) bond motifs is 1. The molecule has 0 radical (unpaired) electrons. The summed E-state index contributed by atoms with van der Waals surface area (Å²) in [6, 6.07) is 5.43. The molecule has 1 unspecified atom stereocenters. The second-order valence-corrected chi connectivity index (χ2v) is 6.22. The molecule has 1 heterocycles. The zero-order chi connectivity index (χ0) is 11.1. The van der Waals surface area contributed by atoms with Gasteiger partial charge in [0.15, 0.2) is 0 Å². The molecule has 1 N–H and O–H groups in total. The first-order valence-corrected chi connectivity index (χ1v) is 7.11. The molecule has 0 aliphatic carbocycles. The maximum atomic E-state index is 11.4. The van der Waals surface area contributed by atoms with Gasteiger partial charge in [-0.05, 0) is 37.1 Å². The normalized spacial score (nSPS) is 21.1. The monoisotopic (exact) mass is 245 g/mol. The maximum Gasteiger partial charge on any atom is 0.261 e. The van der Waals surface area contributed by atoms with Gasteiger partial charge in [0.25, 0.3) is 9.05 Å². The van der Waals surface area contributed by atoms with Crippen molar-refractivity contribution >= 4 is 19.7 Å². The van der Waals surface area contributed by atoms with Gasteiger partial charge in [0.1, 0.15) is 0 Å². The summed E-state index contributed by atoms with van der Waals surface area (Å²) in [6.07, 6.45) is 0.710. The Morgan fingerprint density at radius 3 is 2.87 bits per heavy atom. The summed E-state index contributed by atoms with van der Waals surface area (Å²) in [4.78, 5) is 0.259. The van der Waals surface area contributed by atoms with E-state index in [4.69, 9.17) is 10.7 Å². The molecule has 0 bridgehead atoms. The van der Waals surface area contributed by atoms with Gasteiger partial charge >= 0.3 is 0 Å². The van der Waals surface area contributed by atoms with E-state index in [-0.39, 0.29) is 10.9 Å². The van der Waals surface area contributed by atoms with Crippen LogP contribution in [0.4, 0.5) is 0 Å². The fourth-order valence-electron chi connectivity index (χ4n) is 2.01. The molecule has 3 nitrogen and oxygen atoms in total. The van der Waals surface area contributed by atoms with E-state index in [0.29, 0.717) is 6.42 Å². The minimum absolute atomic E-state index is 0.187. The van der Waals surface area contributed by atoms with Gasteiger partial charge in [-0.1, -0.05) is 12.1 Å². The zero-order valence-corrected chi connectivity index (χ0v) is 9.90. The molecule has 82 valence electrons. The number of benzene rings is 1. The largest absolute Gasteiger partial charge is 0.310 e. The smallest absolute Gasteiger partial charge is 0.261 e. The second-order valence-electron chi connectivity index (χ2n) is 3.69. The summed E-state index contributed by atoms with van der Waals surface area (Å²) in [5.41, 5.74) is 1.89. The van der Waals surface area contributed by atoms with Crippen LogP contribution in [0.5, 0.6) is 0 Å². The lowest BCUT2D eigenvalue weighted by atomic mass is 9.95. The molecule has 0 saturated heterocycles. The number of rotatable bonds is 1. The van der Waals surface area contributed by atoms with Crippen molar-refractivity contribution in [2.45, 2.75) is 24.3 Å². The van der Waals surface area contributed by atoms with Gasteiger partial charge in [-0.25, -0.2) is 8.42 Å². The SMILES string of the molecule is CC1NCCc2c1cccc2S(=O)(=O)Cl. The fourth-order valence-corrected chi connectivity index (χ4v) is 3.20. The van der Waals surface area contributed by atoms with Crippen LogP contribution in [-0.2, 0) is 15.5 Å². The van der Waals surface area contributed by atoms with E-state index in [1.165, 1.54) is 0 Å². The van der Waals surface area contributed by atoms with E-state index in [9.17, 15) is 8.42 Å². The van der Waals surface area contributed by atoms with Gasteiger partial charge < -0.3 is 5.32 Å². The van der Waals surface area contributed by atoms with Gasteiger partial charge in [-0.15, -0.1) is 0 Å². The van der Waals surface area contributed by atoms with Crippen molar-refractivity contribution in [2.24, 2.45) is 0 Å². The average molecular weight is 246 g/mol. The van der Waals surface area contributed by atoms with Gasteiger partial charge in [0.05, 0.1) is 4.90 Å². The van der Waals surface area contributed by atoms with E-state index >= 15 is 0 Å². The number of nitrogens with one attached hydrogen (secondary N) is 1. The molecule has 1 atom stereocenters. The van der Waals surface area contributed by atoms with Crippen molar-refractivity contribution < 1.29 is 8.42 Å². The Bertz CT molecular complexity index is 484. The van der Waals surface area contributed by atoms with Crippen LogP contribution in [0.25, 0.3) is 0 Å². The lowest BCUT2D eigenvalue weighted by molar-refractivity contribution is 0.534. The fraction of sp³-hybridized carbons (Fsp3) is 0.400. The van der Waals surface area contributed by atoms with Crippen LogP contribution in [-0.4, -0.2) is 15.0 Å². The molecule has 15 heavy (non-hydrogen) atoms. The Hall–Kier alpha value is -0.580. The molecule has 0 aromatic heterocycles. The van der Waals surface area contributed by atoms with E-state index in [1.807, 2.05) is 13.0 Å². The highest BCUT2D eigenvalue weighted by Crippen LogP contribution is 2.29. The lowest BCUT2D eigenvalue weighted by Crippen LogP contribution is -2.28. The number of halogens is 1. The first kappa shape index (κ1) is 10.9. The van der Waals surface area contributed by atoms with Crippen LogP contribution in [0.15, 0.2) is 23.1 Å². The minimum atomic E-state index is -3.62. The van der Waals surface area contributed by atoms with Crippen molar-refractivity contribution in [1.82, 2.24) is 5.32 Å². The standard InChI is InChI=1S/C10H12ClNO2S/c1-7-8-3-2-4-10(15(11,13)14)9(8)5-6-12-7/h2-4,7,12H,5-6H2,1H3. The van der Waals surface area contributed by atoms with Crippen LogP contribution in [0.2, 0.25) is 0 Å². The Balaban J connectivity index is 2.65. The third-order valence-electron chi connectivity index (χ3n) is 2.72. The molecule has 1 aromatic carbocycles. The van der Waals surface area contributed by atoms with Crippen molar-refractivity contribution in [1.29, 1.82) is 0 Å². The molecule has 0 fully saturated rings. The highest BCUT2D eigenvalue weighted by atomic mass is 35.7. The molecule has 2 rings (SSSR count). The van der Waals surface area contributed by atoms with Crippen LogP contribution in [0.3, 0.4) is 0 Å². The van der Waals surface area contributed by atoms with Gasteiger partial charge in [0, 0.05) is 16.7 Å². The maximum absolute atomic E-state index is 11.4. The number of hydrogen-bond donors (Lipinski definition) is 1. The van der Waals surface area contributed by atoms with Crippen LogP contribution in [0.1, 0.15) is 24.1 Å². The first-order valence-electron chi connectivity index (χ1n) is 4.80. The van der Waals surface area contributed by atoms with E-state index < -0.39 is 9.05 Å². The Morgan fingerprint density at radius 1 is 1.47 bits per heavy atom. The quantitative estimate of drug-likeness (QED) is 0.768. The Labute approximate surface area is 93.9 Å². The van der Waals surface area contributed by atoms with E-state index in [0.717, 1.165) is 17.7 Å².